The van der Waals surface area contributed by atoms with Gasteiger partial charge < -0.3 is 10.1 Å². The lowest BCUT2D eigenvalue weighted by molar-refractivity contribution is -0.160. The Morgan fingerprint density at radius 2 is 1.95 bits per heavy atom. The van der Waals surface area contributed by atoms with Crippen molar-refractivity contribution in [2.75, 3.05) is 0 Å². The highest BCUT2D eigenvalue weighted by Crippen LogP contribution is 2.26. The third-order valence-electron chi connectivity index (χ3n) is 3.08. The molecule has 6 heteroatoms. The lowest BCUT2D eigenvalue weighted by Crippen LogP contribution is -2.48. The molecule has 1 aliphatic rings. The summed E-state index contributed by atoms with van der Waals surface area (Å²) >= 11 is 0. The molecular weight excluding hydrogens is 248 g/mol. The number of esters is 1. The van der Waals surface area contributed by atoms with Crippen molar-refractivity contribution in [1.82, 2.24) is 10.6 Å². The molecule has 1 heterocycles. The molecule has 6 nitrogen and oxygen atoms in total. The number of amides is 3. The number of ether oxygens (including phenoxy) is 1. The van der Waals surface area contributed by atoms with Crippen molar-refractivity contribution in [1.29, 1.82) is 0 Å². The second-order valence-corrected chi connectivity index (χ2v) is 5.98. The van der Waals surface area contributed by atoms with Gasteiger partial charge in [0.2, 0.25) is 0 Å². The highest BCUT2D eigenvalue weighted by Gasteiger charge is 2.46. The zero-order valence-electron chi connectivity index (χ0n) is 12.1. The van der Waals surface area contributed by atoms with Gasteiger partial charge in [0.15, 0.2) is 0 Å². The van der Waals surface area contributed by atoms with Crippen LogP contribution in [0.15, 0.2) is 0 Å². The van der Waals surface area contributed by atoms with Gasteiger partial charge in [-0.15, -0.1) is 0 Å². The summed E-state index contributed by atoms with van der Waals surface area (Å²) in [6.07, 6.45) is 0.660. The van der Waals surface area contributed by atoms with E-state index in [-0.39, 0.29) is 18.3 Å². The first kappa shape index (κ1) is 15.5. The molecule has 0 aliphatic carbocycles. The third-order valence-corrected chi connectivity index (χ3v) is 3.08. The van der Waals surface area contributed by atoms with Crippen LogP contribution in [0.2, 0.25) is 0 Å². The van der Waals surface area contributed by atoms with Gasteiger partial charge in [-0.2, -0.15) is 0 Å². The van der Waals surface area contributed by atoms with Crippen LogP contribution in [0.4, 0.5) is 4.79 Å². The van der Waals surface area contributed by atoms with Gasteiger partial charge in [-0.3, -0.25) is 14.9 Å². The summed E-state index contributed by atoms with van der Waals surface area (Å²) in [6.45, 7) is 8.86. The number of imide groups is 1. The molecule has 19 heavy (non-hydrogen) atoms. The van der Waals surface area contributed by atoms with Crippen molar-refractivity contribution in [3.05, 3.63) is 0 Å². The zero-order valence-corrected chi connectivity index (χ0v) is 12.1. The first-order chi connectivity index (χ1) is 8.59. The van der Waals surface area contributed by atoms with Crippen LogP contribution in [0.25, 0.3) is 0 Å². The summed E-state index contributed by atoms with van der Waals surface area (Å²) in [5.41, 5.74) is -1.57. The van der Waals surface area contributed by atoms with E-state index < -0.39 is 23.1 Å². The quantitative estimate of drug-likeness (QED) is 0.596. The van der Waals surface area contributed by atoms with E-state index in [0.29, 0.717) is 6.42 Å². The fourth-order valence-electron chi connectivity index (χ4n) is 2.07. The van der Waals surface area contributed by atoms with Crippen molar-refractivity contribution < 1.29 is 19.1 Å². The van der Waals surface area contributed by atoms with Crippen LogP contribution in [0.3, 0.4) is 0 Å². The molecule has 2 N–H and O–H groups in total. The first-order valence-electron chi connectivity index (χ1n) is 6.46. The largest absolute Gasteiger partial charge is 0.460 e. The number of urea groups is 1. The summed E-state index contributed by atoms with van der Waals surface area (Å²) in [7, 11) is 0. The van der Waals surface area contributed by atoms with Crippen LogP contribution in [0, 0.1) is 5.92 Å². The fraction of sp³-hybridized carbons (Fsp3) is 0.769. The predicted molar refractivity (Wildman–Crippen MR) is 69.3 cm³/mol. The van der Waals surface area contributed by atoms with Crippen molar-refractivity contribution in [2.24, 2.45) is 5.92 Å². The normalized spacial score (nSPS) is 24.7. The van der Waals surface area contributed by atoms with E-state index in [0.717, 1.165) is 0 Å². The summed E-state index contributed by atoms with van der Waals surface area (Å²) in [4.78, 5) is 35.0. The second kappa shape index (κ2) is 5.19. The Morgan fingerprint density at radius 3 is 2.32 bits per heavy atom. The molecule has 0 aromatic heterocycles. The van der Waals surface area contributed by atoms with Gasteiger partial charge in [-0.25, -0.2) is 4.79 Å². The maximum atomic E-state index is 11.9. The summed E-state index contributed by atoms with van der Waals surface area (Å²) < 4.78 is 5.28. The van der Waals surface area contributed by atoms with E-state index >= 15 is 0 Å². The van der Waals surface area contributed by atoms with Gasteiger partial charge in [0.05, 0.1) is 5.92 Å². The average molecular weight is 270 g/mol. The number of rotatable bonds is 4. The van der Waals surface area contributed by atoms with Crippen LogP contribution < -0.4 is 10.6 Å². The smallest absolute Gasteiger partial charge is 0.322 e. The van der Waals surface area contributed by atoms with Crippen molar-refractivity contribution in [2.45, 2.75) is 58.6 Å². The molecule has 1 fully saturated rings. The van der Waals surface area contributed by atoms with Gasteiger partial charge in [-0.05, 0) is 33.6 Å². The molecular formula is C13H22N2O4. The van der Waals surface area contributed by atoms with Crippen LogP contribution in [0.5, 0.6) is 0 Å². The van der Waals surface area contributed by atoms with E-state index in [2.05, 4.69) is 10.6 Å². The van der Waals surface area contributed by atoms with E-state index in [4.69, 9.17) is 4.74 Å². The van der Waals surface area contributed by atoms with Gasteiger partial charge >= 0.3 is 12.0 Å². The molecule has 0 unspecified atom stereocenters. The maximum absolute atomic E-state index is 11.9. The molecule has 3 amide bonds. The van der Waals surface area contributed by atoms with Crippen molar-refractivity contribution in [3.63, 3.8) is 0 Å². The standard InChI is InChI=1S/C13H22N2O4/c1-6-13(10(17)14-11(18)15-13)7-8(2)9(16)19-12(3,4)5/h8H,6-7H2,1-5H3,(H2,14,15,17,18)/t8-,13+/m1/s1. The Morgan fingerprint density at radius 1 is 1.37 bits per heavy atom. The SMILES string of the molecule is CC[C@@]1(C[C@@H](C)C(=O)OC(C)(C)C)NC(=O)NC1=O. The van der Waals surface area contributed by atoms with E-state index in [1.54, 1.807) is 34.6 Å². The second-order valence-electron chi connectivity index (χ2n) is 5.98. The predicted octanol–water partition coefficient (Wildman–Crippen LogP) is 1.34. The van der Waals surface area contributed by atoms with Crippen molar-refractivity contribution >= 4 is 17.9 Å². The minimum Gasteiger partial charge on any atom is -0.460 e. The summed E-state index contributed by atoms with van der Waals surface area (Å²) in [6, 6.07) is -0.511. The van der Waals surface area contributed by atoms with Crippen LogP contribution >= 0.6 is 0 Å². The molecule has 0 saturated carbocycles. The first-order valence-corrected chi connectivity index (χ1v) is 6.46. The van der Waals surface area contributed by atoms with Gasteiger partial charge in [0, 0.05) is 0 Å². The number of hydrogen-bond acceptors (Lipinski definition) is 4. The number of hydrogen-bond donors (Lipinski definition) is 2. The average Bonchev–Trinajstić information content (AvgIpc) is 2.51. The monoisotopic (exact) mass is 270 g/mol. The highest BCUT2D eigenvalue weighted by atomic mass is 16.6. The number of nitrogens with one attached hydrogen (secondary N) is 2. The molecule has 0 radical (unpaired) electrons. The lowest BCUT2D eigenvalue weighted by Gasteiger charge is -2.28. The van der Waals surface area contributed by atoms with Gasteiger partial charge in [-0.1, -0.05) is 13.8 Å². The lowest BCUT2D eigenvalue weighted by atomic mass is 9.86. The Kier molecular flexibility index (Phi) is 4.22. The fourth-order valence-corrected chi connectivity index (χ4v) is 2.07. The molecule has 1 rings (SSSR count). The number of carbonyl (C=O) groups excluding carboxylic acids is 3. The topological polar surface area (TPSA) is 84.5 Å². The molecule has 2 atom stereocenters. The third kappa shape index (κ3) is 3.68. The Bertz CT molecular complexity index is 400. The van der Waals surface area contributed by atoms with E-state index in [9.17, 15) is 14.4 Å². The Hall–Kier alpha value is -1.59. The highest BCUT2D eigenvalue weighted by molar-refractivity contribution is 6.07. The Balaban J connectivity index is 2.74. The van der Waals surface area contributed by atoms with Gasteiger partial charge in [0.25, 0.3) is 5.91 Å². The molecule has 1 aliphatic heterocycles. The minimum atomic E-state index is -1.01. The molecule has 1 saturated heterocycles. The van der Waals surface area contributed by atoms with Crippen LogP contribution in [-0.4, -0.2) is 29.0 Å². The minimum absolute atomic E-state index is 0.232. The molecule has 0 bridgehead atoms. The maximum Gasteiger partial charge on any atom is 0.322 e. The van der Waals surface area contributed by atoms with Crippen LogP contribution in [0.1, 0.15) is 47.5 Å². The van der Waals surface area contributed by atoms with Crippen LogP contribution in [-0.2, 0) is 14.3 Å². The number of carbonyl (C=O) groups is 3. The van der Waals surface area contributed by atoms with E-state index in [1.165, 1.54) is 0 Å². The van der Waals surface area contributed by atoms with E-state index in [1.807, 2.05) is 0 Å². The summed E-state index contributed by atoms with van der Waals surface area (Å²) in [5.74, 6) is -1.21. The Labute approximate surface area is 113 Å². The molecule has 0 spiro atoms. The molecule has 108 valence electrons. The summed E-state index contributed by atoms with van der Waals surface area (Å²) in [5, 5.41) is 4.82. The molecule has 0 aromatic carbocycles. The molecule has 0 aromatic rings. The van der Waals surface area contributed by atoms with Gasteiger partial charge in [0.1, 0.15) is 11.1 Å². The zero-order chi connectivity index (χ0) is 14.8. The van der Waals surface area contributed by atoms with Crippen molar-refractivity contribution in [3.8, 4) is 0 Å².